The zero-order valence-corrected chi connectivity index (χ0v) is 11.4. The molecular formula is C13H16F3N3O2. The molecule has 1 fully saturated rings. The van der Waals surface area contributed by atoms with Crippen LogP contribution < -0.4 is 11.1 Å². The van der Waals surface area contributed by atoms with E-state index in [0.717, 1.165) is 25.0 Å². The highest BCUT2D eigenvalue weighted by atomic mass is 19.4. The second-order valence-electron chi connectivity index (χ2n) is 5.51. The van der Waals surface area contributed by atoms with Gasteiger partial charge in [-0.2, -0.15) is 13.2 Å². The van der Waals surface area contributed by atoms with E-state index in [9.17, 15) is 23.3 Å². The quantitative estimate of drug-likeness (QED) is 0.646. The Morgan fingerprint density at radius 2 is 2.05 bits per heavy atom. The van der Waals surface area contributed by atoms with E-state index >= 15 is 0 Å². The van der Waals surface area contributed by atoms with E-state index in [1.807, 2.05) is 6.92 Å². The van der Waals surface area contributed by atoms with Gasteiger partial charge in [0, 0.05) is 18.2 Å². The summed E-state index contributed by atoms with van der Waals surface area (Å²) in [5.41, 5.74) is 3.59. The van der Waals surface area contributed by atoms with Gasteiger partial charge >= 0.3 is 6.18 Å². The average Bonchev–Trinajstić information content (AvgIpc) is 3.22. The van der Waals surface area contributed by atoms with E-state index < -0.39 is 27.9 Å². The Hall–Kier alpha value is -1.83. The smallest absolute Gasteiger partial charge is 0.373 e. The average molecular weight is 303 g/mol. The van der Waals surface area contributed by atoms with Crippen molar-refractivity contribution in [3.63, 3.8) is 0 Å². The molecule has 5 nitrogen and oxygen atoms in total. The molecule has 0 bridgehead atoms. The van der Waals surface area contributed by atoms with Crippen LogP contribution in [0.2, 0.25) is 0 Å². The number of nitro benzene ring substituents is 1. The maximum absolute atomic E-state index is 12.6. The van der Waals surface area contributed by atoms with Crippen LogP contribution in [0.4, 0.5) is 24.5 Å². The first-order valence-electron chi connectivity index (χ1n) is 6.51. The zero-order valence-electron chi connectivity index (χ0n) is 11.4. The number of hydrogen-bond acceptors (Lipinski definition) is 4. The molecule has 0 saturated heterocycles. The molecule has 1 aliphatic carbocycles. The lowest BCUT2D eigenvalue weighted by Crippen LogP contribution is -2.44. The van der Waals surface area contributed by atoms with Crippen LogP contribution in [0.25, 0.3) is 0 Å². The van der Waals surface area contributed by atoms with Crippen molar-refractivity contribution < 1.29 is 18.1 Å². The first-order valence-corrected chi connectivity index (χ1v) is 6.51. The standard InChI is InChI=1S/C13H16F3N3O2/c1-12(7-17,8-2-3-8)18-10-5-4-9(13(14,15)16)6-11(10)19(20)21/h4-6,8,18H,2-3,7,17H2,1H3. The summed E-state index contributed by atoms with van der Waals surface area (Å²) in [5.74, 6) is 0.282. The first-order chi connectivity index (χ1) is 9.67. The van der Waals surface area contributed by atoms with E-state index in [2.05, 4.69) is 5.32 Å². The maximum Gasteiger partial charge on any atom is 0.416 e. The third-order valence-electron chi connectivity index (χ3n) is 3.84. The molecule has 0 aliphatic heterocycles. The summed E-state index contributed by atoms with van der Waals surface area (Å²) in [4.78, 5) is 10.2. The lowest BCUT2D eigenvalue weighted by Gasteiger charge is -2.30. The van der Waals surface area contributed by atoms with Crippen LogP contribution in [0.1, 0.15) is 25.3 Å². The highest BCUT2D eigenvalue weighted by Gasteiger charge is 2.42. The van der Waals surface area contributed by atoms with Crippen molar-refractivity contribution in [2.24, 2.45) is 11.7 Å². The third kappa shape index (κ3) is 3.26. The summed E-state index contributed by atoms with van der Waals surface area (Å²) in [7, 11) is 0. The molecule has 1 saturated carbocycles. The number of nitro groups is 1. The van der Waals surface area contributed by atoms with Crippen LogP contribution in [-0.2, 0) is 6.18 Å². The summed E-state index contributed by atoms with van der Waals surface area (Å²) in [6.07, 6.45) is -2.71. The van der Waals surface area contributed by atoms with Gasteiger partial charge in [-0.3, -0.25) is 10.1 Å². The molecule has 116 valence electrons. The Kier molecular flexibility index (Phi) is 3.83. The number of rotatable bonds is 5. The number of halogens is 3. The minimum Gasteiger partial charge on any atom is -0.373 e. The van der Waals surface area contributed by atoms with E-state index in [-0.39, 0.29) is 18.2 Å². The number of nitrogens with zero attached hydrogens (tertiary/aromatic N) is 1. The summed E-state index contributed by atoms with van der Waals surface area (Å²) < 4.78 is 37.9. The normalized spacial score (nSPS) is 18.1. The minimum absolute atomic E-state index is 0.0628. The van der Waals surface area contributed by atoms with Gasteiger partial charge in [0.05, 0.1) is 10.5 Å². The summed E-state index contributed by atoms with van der Waals surface area (Å²) >= 11 is 0. The molecule has 1 aromatic rings. The molecule has 21 heavy (non-hydrogen) atoms. The molecule has 0 amide bonds. The number of hydrogen-bond donors (Lipinski definition) is 2. The van der Waals surface area contributed by atoms with Gasteiger partial charge in [0.25, 0.3) is 5.69 Å². The van der Waals surface area contributed by atoms with Crippen molar-refractivity contribution in [2.45, 2.75) is 31.5 Å². The van der Waals surface area contributed by atoms with E-state index in [0.29, 0.717) is 6.07 Å². The van der Waals surface area contributed by atoms with Gasteiger partial charge in [-0.15, -0.1) is 0 Å². The fourth-order valence-corrected chi connectivity index (χ4v) is 2.31. The van der Waals surface area contributed by atoms with Gasteiger partial charge in [0.2, 0.25) is 0 Å². The molecule has 1 aliphatic rings. The lowest BCUT2D eigenvalue weighted by molar-refractivity contribution is -0.384. The van der Waals surface area contributed by atoms with Crippen molar-refractivity contribution >= 4 is 11.4 Å². The molecule has 0 spiro atoms. The van der Waals surface area contributed by atoms with Gasteiger partial charge in [0.1, 0.15) is 5.69 Å². The van der Waals surface area contributed by atoms with Gasteiger partial charge in [-0.1, -0.05) is 0 Å². The molecule has 0 radical (unpaired) electrons. The molecule has 1 atom stereocenters. The highest BCUT2D eigenvalue weighted by Crippen LogP contribution is 2.43. The summed E-state index contributed by atoms with van der Waals surface area (Å²) in [6.45, 7) is 2.07. The van der Waals surface area contributed by atoms with Crippen molar-refractivity contribution in [2.75, 3.05) is 11.9 Å². The molecule has 3 N–H and O–H groups in total. The molecule has 0 aromatic heterocycles. The Bertz CT molecular complexity index is 558. The van der Waals surface area contributed by atoms with Crippen molar-refractivity contribution in [3.8, 4) is 0 Å². The third-order valence-corrected chi connectivity index (χ3v) is 3.84. The number of anilines is 1. The maximum atomic E-state index is 12.6. The molecular weight excluding hydrogens is 287 g/mol. The second kappa shape index (κ2) is 5.18. The van der Waals surface area contributed by atoms with Crippen LogP contribution >= 0.6 is 0 Å². The predicted octanol–water partition coefficient (Wildman–Crippen LogP) is 3.15. The Balaban J connectivity index is 2.37. The van der Waals surface area contributed by atoms with Crippen molar-refractivity contribution in [3.05, 3.63) is 33.9 Å². The monoisotopic (exact) mass is 303 g/mol. The number of benzene rings is 1. The van der Waals surface area contributed by atoms with Crippen molar-refractivity contribution in [1.29, 1.82) is 0 Å². The van der Waals surface area contributed by atoms with Gasteiger partial charge in [-0.25, -0.2) is 0 Å². The molecule has 0 heterocycles. The Labute approximate surface area is 119 Å². The van der Waals surface area contributed by atoms with Crippen LogP contribution in [0.15, 0.2) is 18.2 Å². The predicted molar refractivity (Wildman–Crippen MR) is 71.9 cm³/mol. The number of nitrogens with two attached hydrogens (primary N) is 1. The molecule has 2 rings (SSSR count). The number of alkyl halides is 3. The Morgan fingerprint density at radius 1 is 1.43 bits per heavy atom. The van der Waals surface area contributed by atoms with E-state index in [1.54, 1.807) is 0 Å². The Morgan fingerprint density at radius 3 is 2.48 bits per heavy atom. The largest absolute Gasteiger partial charge is 0.416 e. The zero-order chi connectivity index (χ0) is 15.8. The van der Waals surface area contributed by atoms with Crippen LogP contribution in [0, 0.1) is 16.0 Å². The molecule has 1 aromatic carbocycles. The fraction of sp³-hybridized carbons (Fsp3) is 0.538. The summed E-state index contributed by atoms with van der Waals surface area (Å²) in [5, 5.41) is 14.0. The van der Waals surface area contributed by atoms with E-state index in [1.165, 1.54) is 0 Å². The van der Waals surface area contributed by atoms with E-state index in [4.69, 9.17) is 5.73 Å². The second-order valence-corrected chi connectivity index (χ2v) is 5.51. The first kappa shape index (κ1) is 15.6. The van der Waals surface area contributed by atoms with Crippen LogP contribution in [-0.4, -0.2) is 17.0 Å². The topological polar surface area (TPSA) is 81.2 Å². The minimum atomic E-state index is -4.61. The van der Waals surface area contributed by atoms with Crippen molar-refractivity contribution in [1.82, 2.24) is 0 Å². The summed E-state index contributed by atoms with van der Waals surface area (Å²) in [6, 6.07) is 2.47. The van der Waals surface area contributed by atoms with Gasteiger partial charge in [0.15, 0.2) is 0 Å². The lowest BCUT2D eigenvalue weighted by atomic mass is 9.95. The van der Waals surface area contributed by atoms with Crippen LogP contribution in [0.5, 0.6) is 0 Å². The number of nitrogens with one attached hydrogen (secondary N) is 1. The SMILES string of the molecule is CC(CN)(Nc1ccc(C(F)(F)F)cc1[N+](=O)[O-])C1CC1. The highest BCUT2D eigenvalue weighted by molar-refractivity contribution is 5.64. The molecule has 1 unspecified atom stereocenters. The fourth-order valence-electron chi connectivity index (χ4n) is 2.31. The van der Waals surface area contributed by atoms with Gasteiger partial charge < -0.3 is 11.1 Å². The van der Waals surface area contributed by atoms with Gasteiger partial charge in [-0.05, 0) is 37.8 Å². The molecule has 8 heteroatoms. The van der Waals surface area contributed by atoms with Crippen LogP contribution in [0.3, 0.4) is 0 Å².